The predicted molar refractivity (Wildman–Crippen MR) is 106 cm³/mol. The SMILES string of the molecule is O=C(c1coc(-c2ccccc2Cl)n1)N1CCC(Cc2ccccc2)CC1. The van der Waals surface area contributed by atoms with Crippen LogP contribution in [-0.2, 0) is 6.42 Å². The molecule has 0 unspecified atom stereocenters. The van der Waals surface area contributed by atoms with Crippen LogP contribution in [0.5, 0.6) is 0 Å². The van der Waals surface area contributed by atoms with Gasteiger partial charge in [0, 0.05) is 13.1 Å². The van der Waals surface area contributed by atoms with Gasteiger partial charge in [-0.05, 0) is 42.9 Å². The van der Waals surface area contributed by atoms with Gasteiger partial charge in [0.2, 0.25) is 5.89 Å². The second-order valence-electron chi connectivity index (χ2n) is 6.94. The van der Waals surface area contributed by atoms with E-state index in [9.17, 15) is 4.79 Å². The molecule has 5 heteroatoms. The monoisotopic (exact) mass is 380 g/mol. The van der Waals surface area contributed by atoms with E-state index in [0.717, 1.165) is 32.4 Å². The summed E-state index contributed by atoms with van der Waals surface area (Å²) in [6, 6.07) is 17.9. The Morgan fingerprint density at radius 3 is 2.52 bits per heavy atom. The second-order valence-corrected chi connectivity index (χ2v) is 7.35. The molecule has 0 N–H and O–H groups in total. The standard InChI is InChI=1S/C22H21ClN2O2/c23-19-9-5-4-8-18(19)21-24-20(15-27-21)22(26)25-12-10-17(11-13-25)14-16-6-2-1-3-7-16/h1-9,15,17H,10-14H2. The molecule has 1 aromatic heterocycles. The third kappa shape index (κ3) is 4.06. The predicted octanol–water partition coefficient (Wildman–Crippen LogP) is 5.09. The number of carbonyl (C=O) groups excluding carboxylic acids is 1. The summed E-state index contributed by atoms with van der Waals surface area (Å²) in [6.07, 6.45) is 4.52. The van der Waals surface area contributed by atoms with Crippen molar-refractivity contribution >= 4 is 17.5 Å². The van der Waals surface area contributed by atoms with Crippen LogP contribution in [0.3, 0.4) is 0 Å². The van der Waals surface area contributed by atoms with Crippen molar-refractivity contribution in [1.82, 2.24) is 9.88 Å². The fourth-order valence-electron chi connectivity index (χ4n) is 3.58. The maximum Gasteiger partial charge on any atom is 0.275 e. The summed E-state index contributed by atoms with van der Waals surface area (Å²) in [5.74, 6) is 0.922. The number of aromatic nitrogens is 1. The number of hydrogen-bond donors (Lipinski definition) is 0. The van der Waals surface area contributed by atoms with Crippen LogP contribution in [0.15, 0.2) is 65.3 Å². The van der Waals surface area contributed by atoms with Gasteiger partial charge in [0.15, 0.2) is 5.69 Å². The van der Waals surface area contributed by atoms with Gasteiger partial charge in [-0.3, -0.25) is 4.79 Å². The molecule has 2 heterocycles. The Morgan fingerprint density at radius 1 is 1.07 bits per heavy atom. The van der Waals surface area contributed by atoms with Gasteiger partial charge in [0.1, 0.15) is 6.26 Å². The molecule has 1 aliphatic rings. The quantitative estimate of drug-likeness (QED) is 0.633. The minimum atomic E-state index is -0.0739. The molecular formula is C22H21ClN2O2. The zero-order chi connectivity index (χ0) is 18.6. The Hall–Kier alpha value is -2.59. The van der Waals surface area contributed by atoms with Gasteiger partial charge >= 0.3 is 0 Å². The van der Waals surface area contributed by atoms with Gasteiger partial charge in [-0.2, -0.15) is 0 Å². The van der Waals surface area contributed by atoms with Crippen LogP contribution in [0.1, 0.15) is 28.9 Å². The Morgan fingerprint density at radius 2 is 1.78 bits per heavy atom. The van der Waals surface area contributed by atoms with Crippen molar-refractivity contribution in [3.63, 3.8) is 0 Å². The van der Waals surface area contributed by atoms with Gasteiger partial charge in [-0.15, -0.1) is 0 Å². The summed E-state index contributed by atoms with van der Waals surface area (Å²) in [4.78, 5) is 19.0. The molecule has 0 saturated carbocycles. The largest absolute Gasteiger partial charge is 0.444 e. The lowest BCUT2D eigenvalue weighted by molar-refractivity contribution is 0.0684. The molecule has 1 saturated heterocycles. The Bertz CT molecular complexity index is 915. The van der Waals surface area contributed by atoms with Gasteiger partial charge in [0.05, 0.1) is 10.6 Å². The Kier molecular flexibility index (Phi) is 5.26. The van der Waals surface area contributed by atoms with E-state index in [0.29, 0.717) is 28.1 Å². The molecule has 4 rings (SSSR count). The highest BCUT2D eigenvalue weighted by Crippen LogP contribution is 2.28. The summed E-state index contributed by atoms with van der Waals surface area (Å²) < 4.78 is 5.50. The molecule has 0 spiro atoms. The summed E-state index contributed by atoms with van der Waals surface area (Å²) in [5, 5.41) is 0.556. The van der Waals surface area contributed by atoms with Crippen LogP contribution in [0, 0.1) is 5.92 Å². The first-order valence-electron chi connectivity index (χ1n) is 9.24. The maximum absolute atomic E-state index is 12.8. The van der Waals surface area contributed by atoms with Gasteiger partial charge < -0.3 is 9.32 Å². The van der Waals surface area contributed by atoms with Crippen LogP contribution in [0.25, 0.3) is 11.5 Å². The van der Waals surface area contributed by atoms with E-state index in [1.807, 2.05) is 29.2 Å². The lowest BCUT2D eigenvalue weighted by atomic mass is 9.90. The number of likely N-dealkylation sites (tertiary alicyclic amines) is 1. The van der Waals surface area contributed by atoms with Crippen molar-refractivity contribution in [1.29, 1.82) is 0 Å². The molecule has 1 amide bonds. The molecule has 0 aliphatic carbocycles. The fourth-order valence-corrected chi connectivity index (χ4v) is 3.80. The van der Waals surface area contributed by atoms with E-state index in [-0.39, 0.29) is 5.91 Å². The number of amides is 1. The average molecular weight is 381 g/mol. The summed E-state index contributed by atoms with van der Waals surface area (Å²) >= 11 is 6.18. The number of nitrogens with zero attached hydrogens (tertiary/aromatic N) is 2. The van der Waals surface area contributed by atoms with Crippen molar-refractivity contribution in [2.75, 3.05) is 13.1 Å². The highest BCUT2D eigenvalue weighted by atomic mass is 35.5. The second kappa shape index (κ2) is 7.97. The molecule has 0 radical (unpaired) electrons. The normalized spacial score (nSPS) is 15.1. The molecule has 1 fully saturated rings. The van der Waals surface area contributed by atoms with Crippen molar-refractivity contribution < 1.29 is 9.21 Å². The van der Waals surface area contributed by atoms with Crippen LogP contribution in [0.2, 0.25) is 5.02 Å². The highest BCUT2D eigenvalue weighted by Gasteiger charge is 2.26. The van der Waals surface area contributed by atoms with Crippen molar-refractivity contribution in [2.24, 2.45) is 5.92 Å². The molecular weight excluding hydrogens is 360 g/mol. The number of piperidine rings is 1. The van der Waals surface area contributed by atoms with E-state index in [2.05, 4.69) is 29.2 Å². The summed E-state index contributed by atoms with van der Waals surface area (Å²) in [7, 11) is 0. The third-order valence-corrected chi connectivity index (χ3v) is 5.43. The average Bonchev–Trinajstić information content (AvgIpc) is 3.19. The van der Waals surface area contributed by atoms with Crippen LogP contribution in [0.4, 0.5) is 0 Å². The van der Waals surface area contributed by atoms with Gasteiger partial charge in [0.25, 0.3) is 5.91 Å². The smallest absolute Gasteiger partial charge is 0.275 e. The molecule has 3 aromatic rings. The lowest BCUT2D eigenvalue weighted by Gasteiger charge is -2.31. The van der Waals surface area contributed by atoms with Crippen LogP contribution >= 0.6 is 11.6 Å². The Labute approximate surface area is 163 Å². The molecule has 138 valence electrons. The van der Waals surface area contributed by atoms with E-state index >= 15 is 0 Å². The Balaban J connectivity index is 1.38. The molecule has 27 heavy (non-hydrogen) atoms. The van der Waals surface area contributed by atoms with Gasteiger partial charge in [-0.25, -0.2) is 4.98 Å². The third-order valence-electron chi connectivity index (χ3n) is 5.10. The minimum absolute atomic E-state index is 0.0739. The minimum Gasteiger partial charge on any atom is -0.444 e. The topological polar surface area (TPSA) is 46.3 Å². The number of oxazole rings is 1. The van der Waals surface area contributed by atoms with Crippen LogP contribution < -0.4 is 0 Å². The lowest BCUT2D eigenvalue weighted by Crippen LogP contribution is -2.39. The number of halogens is 1. The number of benzene rings is 2. The first-order chi connectivity index (χ1) is 13.2. The van der Waals surface area contributed by atoms with E-state index in [1.54, 1.807) is 6.07 Å². The molecule has 0 atom stereocenters. The fraction of sp³-hybridized carbons (Fsp3) is 0.273. The van der Waals surface area contributed by atoms with E-state index in [1.165, 1.54) is 11.8 Å². The maximum atomic E-state index is 12.8. The van der Waals surface area contributed by atoms with Crippen molar-refractivity contribution in [2.45, 2.75) is 19.3 Å². The molecule has 2 aromatic carbocycles. The van der Waals surface area contributed by atoms with Crippen molar-refractivity contribution in [3.8, 4) is 11.5 Å². The van der Waals surface area contributed by atoms with E-state index in [4.69, 9.17) is 16.0 Å². The highest BCUT2D eigenvalue weighted by molar-refractivity contribution is 6.33. The van der Waals surface area contributed by atoms with Gasteiger partial charge in [-0.1, -0.05) is 54.1 Å². The molecule has 0 bridgehead atoms. The number of carbonyl (C=O) groups is 1. The van der Waals surface area contributed by atoms with E-state index < -0.39 is 0 Å². The summed E-state index contributed by atoms with van der Waals surface area (Å²) in [6.45, 7) is 1.51. The first-order valence-corrected chi connectivity index (χ1v) is 9.62. The number of hydrogen-bond acceptors (Lipinski definition) is 3. The molecule has 1 aliphatic heterocycles. The zero-order valence-electron chi connectivity index (χ0n) is 15.0. The zero-order valence-corrected chi connectivity index (χ0v) is 15.7. The molecule has 4 nitrogen and oxygen atoms in total. The van der Waals surface area contributed by atoms with Crippen molar-refractivity contribution in [3.05, 3.63) is 77.1 Å². The summed E-state index contributed by atoms with van der Waals surface area (Å²) in [5.41, 5.74) is 2.40. The van der Waals surface area contributed by atoms with Crippen LogP contribution in [-0.4, -0.2) is 28.9 Å². The first kappa shape index (κ1) is 17.8. The number of rotatable bonds is 4.